The van der Waals surface area contributed by atoms with E-state index in [-0.39, 0.29) is 5.56 Å². The summed E-state index contributed by atoms with van der Waals surface area (Å²) in [6, 6.07) is 0. The summed E-state index contributed by atoms with van der Waals surface area (Å²) in [6.45, 7) is 5.42. The van der Waals surface area contributed by atoms with Gasteiger partial charge in [0.1, 0.15) is 4.47 Å². The summed E-state index contributed by atoms with van der Waals surface area (Å²) in [5.74, 6) is 0. The van der Waals surface area contributed by atoms with Gasteiger partial charge in [-0.25, -0.2) is 4.68 Å². The van der Waals surface area contributed by atoms with Crippen LogP contribution in [0.5, 0.6) is 0 Å². The van der Waals surface area contributed by atoms with E-state index in [1.165, 1.54) is 4.68 Å². The van der Waals surface area contributed by atoms with Crippen LogP contribution in [0.15, 0.2) is 15.5 Å². The second-order valence-electron chi connectivity index (χ2n) is 2.93. The maximum atomic E-state index is 11.7. The third kappa shape index (κ3) is 2.35. The Morgan fingerprint density at radius 2 is 2.29 bits per heavy atom. The van der Waals surface area contributed by atoms with Crippen LogP contribution in [-0.4, -0.2) is 16.3 Å². The van der Waals surface area contributed by atoms with Crippen LogP contribution in [-0.2, 0) is 6.54 Å². The number of halogens is 1. The number of aryl methyl sites for hydroxylation is 1. The Kier molecular flexibility index (Phi) is 4.13. The van der Waals surface area contributed by atoms with Gasteiger partial charge in [-0.2, -0.15) is 5.10 Å². The summed E-state index contributed by atoms with van der Waals surface area (Å²) in [4.78, 5) is 11.7. The number of nitrogens with zero attached hydrogens (tertiary/aromatic N) is 2. The molecule has 1 aromatic rings. The molecule has 78 valence electrons. The van der Waals surface area contributed by atoms with Crippen molar-refractivity contribution in [3.8, 4) is 0 Å². The molecule has 14 heavy (non-hydrogen) atoms. The minimum atomic E-state index is -0.0784. The Morgan fingerprint density at radius 3 is 2.86 bits per heavy atom. The summed E-state index contributed by atoms with van der Waals surface area (Å²) in [7, 11) is 0. The van der Waals surface area contributed by atoms with Crippen molar-refractivity contribution in [2.75, 3.05) is 11.9 Å². The summed E-state index contributed by atoms with van der Waals surface area (Å²) in [5, 5.41) is 7.12. The van der Waals surface area contributed by atoms with Crippen molar-refractivity contribution >= 4 is 21.6 Å². The molecular weight excluding hydrogens is 246 g/mol. The molecule has 0 saturated carbocycles. The van der Waals surface area contributed by atoms with Crippen molar-refractivity contribution in [1.29, 1.82) is 0 Å². The van der Waals surface area contributed by atoms with Gasteiger partial charge in [-0.05, 0) is 29.3 Å². The van der Waals surface area contributed by atoms with Crippen LogP contribution in [0.3, 0.4) is 0 Å². The molecule has 1 heterocycles. The Bertz CT molecular complexity index is 362. The second kappa shape index (κ2) is 5.14. The standard InChI is InChI=1S/C9H14BrN3O/c1-3-5-13-9(14)8(10)7(6-12-13)11-4-2/h6,11H,3-5H2,1-2H3. The predicted molar refractivity (Wildman–Crippen MR) is 60.7 cm³/mol. The SMILES string of the molecule is CCCn1ncc(NCC)c(Br)c1=O. The molecule has 0 radical (unpaired) electrons. The molecule has 0 saturated heterocycles. The molecule has 0 amide bonds. The number of hydrogen-bond donors (Lipinski definition) is 1. The first-order chi connectivity index (χ1) is 6.70. The van der Waals surface area contributed by atoms with E-state index in [4.69, 9.17) is 0 Å². The van der Waals surface area contributed by atoms with E-state index < -0.39 is 0 Å². The molecule has 0 aromatic carbocycles. The lowest BCUT2D eigenvalue weighted by Gasteiger charge is -2.07. The zero-order chi connectivity index (χ0) is 10.6. The molecule has 0 aliphatic carbocycles. The minimum Gasteiger partial charge on any atom is -0.383 e. The Balaban J connectivity index is 3.06. The van der Waals surface area contributed by atoms with Crippen molar-refractivity contribution in [3.05, 3.63) is 21.0 Å². The Morgan fingerprint density at radius 1 is 1.57 bits per heavy atom. The molecule has 1 rings (SSSR count). The molecule has 0 unspecified atom stereocenters. The Hall–Kier alpha value is -0.840. The molecule has 0 bridgehead atoms. The fourth-order valence-corrected chi connectivity index (χ4v) is 1.60. The average Bonchev–Trinajstić information content (AvgIpc) is 2.18. The van der Waals surface area contributed by atoms with Gasteiger partial charge in [0.25, 0.3) is 5.56 Å². The zero-order valence-electron chi connectivity index (χ0n) is 8.38. The second-order valence-corrected chi connectivity index (χ2v) is 3.72. The molecule has 0 fully saturated rings. The number of hydrogen-bond acceptors (Lipinski definition) is 3. The molecule has 5 heteroatoms. The van der Waals surface area contributed by atoms with Crippen LogP contribution in [0, 0.1) is 0 Å². The van der Waals surface area contributed by atoms with Gasteiger partial charge in [-0.3, -0.25) is 4.79 Å². The molecule has 4 nitrogen and oxygen atoms in total. The van der Waals surface area contributed by atoms with E-state index in [2.05, 4.69) is 26.3 Å². The smallest absolute Gasteiger partial charge is 0.283 e. The highest BCUT2D eigenvalue weighted by Gasteiger charge is 2.06. The average molecular weight is 260 g/mol. The topological polar surface area (TPSA) is 46.9 Å². The first-order valence-corrected chi connectivity index (χ1v) is 5.49. The van der Waals surface area contributed by atoms with E-state index in [0.29, 0.717) is 11.0 Å². The fourth-order valence-electron chi connectivity index (χ4n) is 1.15. The fraction of sp³-hybridized carbons (Fsp3) is 0.556. The van der Waals surface area contributed by atoms with Gasteiger partial charge in [-0.15, -0.1) is 0 Å². The van der Waals surface area contributed by atoms with Crippen molar-refractivity contribution in [2.45, 2.75) is 26.8 Å². The molecule has 0 aliphatic rings. The maximum Gasteiger partial charge on any atom is 0.283 e. The summed E-state index contributed by atoms with van der Waals surface area (Å²) >= 11 is 3.27. The first kappa shape index (κ1) is 11.2. The lowest BCUT2D eigenvalue weighted by atomic mass is 10.4. The molecule has 0 aliphatic heterocycles. The van der Waals surface area contributed by atoms with Gasteiger partial charge in [0.2, 0.25) is 0 Å². The van der Waals surface area contributed by atoms with Crippen molar-refractivity contribution < 1.29 is 0 Å². The predicted octanol–water partition coefficient (Wildman–Crippen LogP) is 1.85. The van der Waals surface area contributed by atoms with Crippen molar-refractivity contribution in [1.82, 2.24) is 9.78 Å². The van der Waals surface area contributed by atoms with Gasteiger partial charge >= 0.3 is 0 Å². The minimum absolute atomic E-state index is 0.0784. The largest absolute Gasteiger partial charge is 0.383 e. The van der Waals surface area contributed by atoms with Crippen molar-refractivity contribution in [3.63, 3.8) is 0 Å². The summed E-state index contributed by atoms with van der Waals surface area (Å²) in [6.07, 6.45) is 2.57. The number of aromatic nitrogens is 2. The summed E-state index contributed by atoms with van der Waals surface area (Å²) < 4.78 is 2.02. The van der Waals surface area contributed by atoms with Crippen LogP contribution >= 0.6 is 15.9 Å². The van der Waals surface area contributed by atoms with Crippen molar-refractivity contribution in [2.24, 2.45) is 0 Å². The van der Waals surface area contributed by atoms with Crippen LogP contribution in [0.2, 0.25) is 0 Å². The summed E-state index contributed by atoms with van der Waals surface area (Å²) in [5.41, 5.74) is 0.676. The molecule has 1 N–H and O–H groups in total. The lowest BCUT2D eigenvalue weighted by molar-refractivity contribution is 0.566. The van der Waals surface area contributed by atoms with E-state index in [1.807, 2.05) is 13.8 Å². The number of nitrogens with one attached hydrogen (secondary N) is 1. The third-order valence-electron chi connectivity index (χ3n) is 1.79. The van der Waals surface area contributed by atoms with Crippen LogP contribution in [0.1, 0.15) is 20.3 Å². The highest BCUT2D eigenvalue weighted by Crippen LogP contribution is 2.15. The van der Waals surface area contributed by atoms with E-state index >= 15 is 0 Å². The molecule has 0 atom stereocenters. The highest BCUT2D eigenvalue weighted by atomic mass is 79.9. The quantitative estimate of drug-likeness (QED) is 0.898. The van der Waals surface area contributed by atoms with E-state index in [0.717, 1.165) is 18.7 Å². The van der Waals surface area contributed by atoms with Gasteiger partial charge in [-0.1, -0.05) is 6.92 Å². The monoisotopic (exact) mass is 259 g/mol. The third-order valence-corrected chi connectivity index (χ3v) is 2.55. The maximum absolute atomic E-state index is 11.7. The molecular formula is C9H14BrN3O. The molecule has 0 spiro atoms. The van der Waals surface area contributed by atoms with Gasteiger partial charge in [0, 0.05) is 13.1 Å². The van der Waals surface area contributed by atoms with Crippen LogP contribution in [0.25, 0.3) is 0 Å². The van der Waals surface area contributed by atoms with Gasteiger partial charge in [0.15, 0.2) is 0 Å². The lowest BCUT2D eigenvalue weighted by Crippen LogP contribution is -2.24. The first-order valence-electron chi connectivity index (χ1n) is 4.70. The van der Waals surface area contributed by atoms with Crippen LogP contribution in [0.4, 0.5) is 5.69 Å². The van der Waals surface area contributed by atoms with E-state index in [9.17, 15) is 4.79 Å². The van der Waals surface area contributed by atoms with Gasteiger partial charge < -0.3 is 5.32 Å². The number of rotatable bonds is 4. The Labute approximate surface area is 91.5 Å². The highest BCUT2D eigenvalue weighted by molar-refractivity contribution is 9.10. The van der Waals surface area contributed by atoms with Crippen LogP contribution < -0.4 is 10.9 Å². The zero-order valence-corrected chi connectivity index (χ0v) is 9.97. The van der Waals surface area contributed by atoms with E-state index in [1.54, 1.807) is 6.20 Å². The van der Waals surface area contributed by atoms with Gasteiger partial charge in [0.05, 0.1) is 11.9 Å². The molecule has 1 aromatic heterocycles. The number of anilines is 1. The normalized spacial score (nSPS) is 10.2.